The van der Waals surface area contributed by atoms with Crippen molar-refractivity contribution in [3.05, 3.63) is 59.9 Å². The lowest BCUT2D eigenvalue weighted by atomic mass is 10.3. The molecule has 0 saturated heterocycles. The van der Waals surface area contributed by atoms with Crippen molar-refractivity contribution >= 4 is 11.5 Å². The monoisotopic (exact) mass is 256 g/mol. The van der Waals surface area contributed by atoms with Gasteiger partial charge in [-0.15, -0.1) is 0 Å². The van der Waals surface area contributed by atoms with E-state index in [0.29, 0.717) is 12.4 Å². The maximum atomic E-state index is 12.7. The van der Waals surface area contributed by atoms with Gasteiger partial charge < -0.3 is 9.72 Å². The number of hydrogen-bond donors (Lipinski definition) is 1. The smallest absolute Gasteiger partial charge is 0.141 e. The molecule has 0 atom stereocenters. The lowest BCUT2D eigenvalue weighted by molar-refractivity contribution is 0.621. The van der Waals surface area contributed by atoms with E-state index in [2.05, 4.69) is 15.3 Å². The van der Waals surface area contributed by atoms with Gasteiger partial charge >= 0.3 is 0 Å². The van der Waals surface area contributed by atoms with Gasteiger partial charge in [0.25, 0.3) is 0 Å². The minimum atomic E-state index is -0.337. The number of imidazole rings is 1. The molecule has 5 heteroatoms. The first kappa shape index (κ1) is 11.6. The van der Waals surface area contributed by atoms with Crippen LogP contribution in [0.5, 0.6) is 0 Å². The highest BCUT2D eigenvalue weighted by Gasteiger charge is 2.03. The Bertz CT molecular complexity index is 703. The summed E-state index contributed by atoms with van der Waals surface area (Å²) in [7, 11) is 0. The molecule has 19 heavy (non-hydrogen) atoms. The average Bonchev–Trinajstić information content (AvgIpc) is 2.80. The number of hydrogen-bond acceptors (Lipinski definition) is 3. The van der Waals surface area contributed by atoms with E-state index in [1.54, 1.807) is 6.07 Å². The minimum absolute atomic E-state index is 0.337. The first-order chi connectivity index (χ1) is 9.22. The Morgan fingerprint density at radius 3 is 2.89 bits per heavy atom. The van der Waals surface area contributed by atoms with Gasteiger partial charge in [0, 0.05) is 6.20 Å². The zero-order valence-electron chi connectivity index (χ0n) is 10.5. The molecule has 0 bridgehead atoms. The van der Waals surface area contributed by atoms with Crippen molar-refractivity contribution in [3.8, 4) is 0 Å². The minimum Gasteiger partial charge on any atom is -0.364 e. The molecule has 3 rings (SSSR count). The number of halogens is 1. The van der Waals surface area contributed by atoms with Crippen molar-refractivity contribution < 1.29 is 4.39 Å². The molecule has 0 amide bonds. The molecule has 0 aliphatic carbocycles. The van der Waals surface area contributed by atoms with Gasteiger partial charge in [0.1, 0.15) is 17.3 Å². The second-order valence-electron chi connectivity index (χ2n) is 4.40. The molecule has 3 aromatic rings. The second kappa shape index (κ2) is 4.68. The third-order valence-electron chi connectivity index (χ3n) is 2.92. The summed E-state index contributed by atoms with van der Waals surface area (Å²) in [5.41, 5.74) is 3.13. The number of nitrogens with one attached hydrogen (secondary N) is 1. The van der Waals surface area contributed by atoms with Gasteiger partial charge in [-0.2, -0.15) is 0 Å². The van der Waals surface area contributed by atoms with Crippen LogP contribution in [0.1, 0.15) is 11.3 Å². The quantitative estimate of drug-likeness (QED) is 0.783. The maximum Gasteiger partial charge on any atom is 0.141 e. The van der Waals surface area contributed by atoms with Crippen LogP contribution in [-0.2, 0) is 6.54 Å². The molecule has 3 heterocycles. The number of aryl methyl sites for hydroxylation is 1. The Labute approximate surface area is 109 Å². The molecule has 0 unspecified atom stereocenters. The van der Waals surface area contributed by atoms with E-state index in [-0.39, 0.29) is 5.82 Å². The molecule has 0 aliphatic heterocycles. The third-order valence-corrected chi connectivity index (χ3v) is 2.92. The summed E-state index contributed by atoms with van der Waals surface area (Å²) in [6.45, 7) is 2.62. The molecule has 0 fully saturated rings. The highest BCUT2D eigenvalue weighted by molar-refractivity contribution is 5.44. The highest BCUT2D eigenvalue weighted by Crippen LogP contribution is 2.11. The first-order valence-corrected chi connectivity index (χ1v) is 6.00. The van der Waals surface area contributed by atoms with Crippen LogP contribution < -0.4 is 5.32 Å². The van der Waals surface area contributed by atoms with Gasteiger partial charge in [0.2, 0.25) is 0 Å². The third kappa shape index (κ3) is 2.40. The van der Waals surface area contributed by atoms with E-state index < -0.39 is 0 Å². The molecule has 3 aromatic heterocycles. The van der Waals surface area contributed by atoms with Gasteiger partial charge in [0.15, 0.2) is 0 Å². The van der Waals surface area contributed by atoms with Crippen LogP contribution in [0.25, 0.3) is 5.65 Å². The van der Waals surface area contributed by atoms with Crippen LogP contribution in [0.2, 0.25) is 0 Å². The van der Waals surface area contributed by atoms with Crippen LogP contribution in [0, 0.1) is 12.7 Å². The zero-order chi connectivity index (χ0) is 13.2. The van der Waals surface area contributed by atoms with Gasteiger partial charge in [-0.3, -0.25) is 0 Å². The Kier molecular flexibility index (Phi) is 2.87. The average molecular weight is 256 g/mol. The largest absolute Gasteiger partial charge is 0.364 e. The van der Waals surface area contributed by atoms with E-state index in [1.807, 2.05) is 35.9 Å². The van der Waals surface area contributed by atoms with Crippen molar-refractivity contribution in [2.24, 2.45) is 0 Å². The van der Waals surface area contributed by atoms with E-state index in [0.717, 1.165) is 11.3 Å². The summed E-state index contributed by atoms with van der Waals surface area (Å²) >= 11 is 0. The SMILES string of the molecule is Cc1ccn2c(CNc3ccc(F)cn3)cnc2c1. The lowest BCUT2D eigenvalue weighted by Gasteiger charge is -2.05. The summed E-state index contributed by atoms with van der Waals surface area (Å²) in [6, 6.07) is 7.06. The van der Waals surface area contributed by atoms with Gasteiger partial charge in [-0.1, -0.05) is 0 Å². The van der Waals surface area contributed by atoms with Crippen LogP contribution in [-0.4, -0.2) is 14.4 Å². The molecule has 0 spiro atoms. The molecular weight excluding hydrogens is 243 g/mol. The van der Waals surface area contributed by atoms with E-state index in [9.17, 15) is 4.39 Å². The van der Waals surface area contributed by atoms with E-state index in [4.69, 9.17) is 0 Å². The first-order valence-electron chi connectivity index (χ1n) is 6.00. The van der Waals surface area contributed by atoms with Crippen LogP contribution in [0.15, 0.2) is 42.9 Å². The van der Waals surface area contributed by atoms with Crippen LogP contribution in [0.4, 0.5) is 10.2 Å². The Morgan fingerprint density at radius 1 is 1.21 bits per heavy atom. The molecule has 0 aliphatic rings. The fourth-order valence-electron chi connectivity index (χ4n) is 1.93. The van der Waals surface area contributed by atoms with Crippen molar-refractivity contribution in [1.29, 1.82) is 0 Å². The summed E-state index contributed by atoms with van der Waals surface area (Å²) in [6.07, 6.45) is 5.01. The molecule has 4 nitrogen and oxygen atoms in total. The maximum absolute atomic E-state index is 12.7. The molecule has 0 radical (unpaired) electrons. The molecular formula is C14H13FN4. The lowest BCUT2D eigenvalue weighted by Crippen LogP contribution is -2.04. The summed E-state index contributed by atoms with van der Waals surface area (Å²) in [5.74, 6) is 0.305. The van der Waals surface area contributed by atoms with Gasteiger partial charge in [0.05, 0.1) is 24.6 Å². The fraction of sp³-hybridized carbons (Fsp3) is 0.143. The number of anilines is 1. The second-order valence-corrected chi connectivity index (χ2v) is 4.40. The summed E-state index contributed by atoms with van der Waals surface area (Å²) in [5, 5.41) is 3.14. The van der Waals surface area contributed by atoms with Gasteiger partial charge in [-0.25, -0.2) is 14.4 Å². The zero-order valence-corrected chi connectivity index (χ0v) is 10.5. The van der Waals surface area contributed by atoms with Crippen LogP contribution >= 0.6 is 0 Å². The topological polar surface area (TPSA) is 42.2 Å². The summed E-state index contributed by atoms with van der Waals surface area (Å²) < 4.78 is 14.8. The number of rotatable bonds is 3. The Morgan fingerprint density at radius 2 is 2.11 bits per heavy atom. The standard InChI is InChI=1S/C14H13FN4/c1-10-4-5-19-12(9-18-14(19)6-10)8-17-13-3-2-11(15)7-16-13/h2-7,9H,8H2,1H3,(H,16,17). The number of aromatic nitrogens is 3. The predicted octanol–water partition coefficient (Wildman–Crippen LogP) is 2.79. The molecule has 0 saturated carbocycles. The predicted molar refractivity (Wildman–Crippen MR) is 71.5 cm³/mol. The van der Waals surface area contributed by atoms with Crippen molar-refractivity contribution in [2.75, 3.05) is 5.32 Å². The van der Waals surface area contributed by atoms with Crippen LogP contribution in [0.3, 0.4) is 0 Å². The Balaban J connectivity index is 1.80. The van der Waals surface area contributed by atoms with Crippen molar-refractivity contribution in [1.82, 2.24) is 14.4 Å². The highest BCUT2D eigenvalue weighted by atomic mass is 19.1. The van der Waals surface area contributed by atoms with Crippen molar-refractivity contribution in [3.63, 3.8) is 0 Å². The number of fused-ring (bicyclic) bond motifs is 1. The fourth-order valence-corrected chi connectivity index (χ4v) is 1.93. The molecule has 1 N–H and O–H groups in total. The molecule has 96 valence electrons. The van der Waals surface area contributed by atoms with Crippen molar-refractivity contribution in [2.45, 2.75) is 13.5 Å². The summed E-state index contributed by atoms with van der Waals surface area (Å²) in [4.78, 5) is 8.30. The van der Waals surface area contributed by atoms with E-state index >= 15 is 0 Å². The Hall–Kier alpha value is -2.43. The number of nitrogens with zero attached hydrogens (tertiary/aromatic N) is 3. The molecule has 0 aromatic carbocycles. The van der Waals surface area contributed by atoms with Gasteiger partial charge in [-0.05, 0) is 36.8 Å². The van der Waals surface area contributed by atoms with E-state index in [1.165, 1.54) is 17.8 Å². The number of pyridine rings is 2. The normalized spacial score (nSPS) is 10.8.